The summed E-state index contributed by atoms with van der Waals surface area (Å²) >= 11 is 6.28. The molecule has 0 spiro atoms. The van der Waals surface area contributed by atoms with Crippen LogP contribution in [0, 0.1) is 0 Å². The third kappa shape index (κ3) is 5.75. The van der Waals surface area contributed by atoms with Gasteiger partial charge < -0.3 is 14.4 Å². The molecule has 0 radical (unpaired) electrons. The van der Waals surface area contributed by atoms with E-state index in [1.54, 1.807) is 25.3 Å². The van der Waals surface area contributed by atoms with Crippen LogP contribution >= 0.6 is 11.6 Å². The largest absolute Gasteiger partial charge is 0.491 e. The van der Waals surface area contributed by atoms with Gasteiger partial charge in [-0.15, -0.1) is 0 Å². The number of methoxy groups -OCH3 is 1. The molecule has 5 nitrogen and oxygen atoms in total. The second-order valence-electron chi connectivity index (χ2n) is 6.89. The van der Waals surface area contributed by atoms with Gasteiger partial charge in [-0.2, -0.15) is 0 Å². The topological polar surface area (TPSA) is 42.0 Å². The maximum Gasteiger partial charge on any atom is 0.246 e. The van der Waals surface area contributed by atoms with Crippen LogP contribution in [0.2, 0.25) is 5.02 Å². The molecule has 1 amide bonds. The van der Waals surface area contributed by atoms with Gasteiger partial charge in [0.15, 0.2) is 11.5 Å². The van der Waals surface area contributed by atoms with Crippen LogP contribution in [0.5, 0.6) is 11.5 Å². The molecule has 2 aromatic rings. The smallest absolute Gasteiger partial charge is 0.246 e. The van der Waals surface area contributed by atoms with Crippen LogP contribution in [-0.2, 0) is 11.3 Å². The minimum Gasteiger partial charge on any atom is -0.491 e. The highest BCUT2D eigenvalue weighted by atomic mass is 35.5. The molecule has 0 unspecified atom stereocenters. The SMILES string of the molecule is CCOc1cc(/C=C/C(=O)N2CCN(Cc3ccccc3)CC2)cc(Cl)c1OC. The number of amides is 1. The minimum absolute atomic E-state index is 0.00858. The van der Waals surface area contributed by atoms with Gasteiger partial charge in [0.05, 0.1) is 18.7 Å². The Morgan fingerprint density at radius 2 is 1.86 bits per heavy atom. The molecule has 0 saturated carbocycles. The molecular formula is C23H27ClN2O3. The molecule has 3 rings (SSSR count). The van der Waals surface area contributed by atoms with Crippen LogP contribution in [-0.4, -0.2) is 55.6 Å². The molecule has 0 bridgehead atoms. The number of carbonyl (C=O) groups is 1. The van der Waals surface area contributed by atoms with Crippen molar-refractivity contribution >= 4 is 23.6 Å². The summed E-state index contributed by atoms with van der Waals surface area (Å²) in [7, 11) is 1.56. The predicted molar refractivity (Wildman–Crippen MR) is 117 cm³/mol. The molecule has 1 fully saturated rings. The first-order chi connectivity index (χ1) is 14.1. The molecule has 6 heteroatoms. The van der Waals surface area contributed by atoms with Crippen LogP contribution in [0.1, 0.15) is 18.1 Å². The van der Waals surface area contributed by atoms with Crippen LogP contribution in [0.3, 0.4) is 0 Å². The lowest BCUT2D eigenvalue weighted by atomic mass is 10.1. The van der Waals surface area contributed by atoms with Crippen LogP contribution < -0.4 is 9.47 Å². The van der Waals surface area contributed by atoms with Gasteiger partial charge in [-0.1, -0.05) is 41.9 Å². The first-order valence-corrected chi connectivity index (χ1v) is 10.2. The number of carbonyl (C=O) groups excluding carboxylic acids is 1. The number of ether oxygens (including phenoxy) is 2. The molecule has 0 aromatic heterocycles. The van der Waals surface area contributed by atoms with E-state index in [-0.39, 0.29) is 5.91 Å². The summed E-state index contributed by atoms with van der Waals surface area (Å²) < 4.78 is 10.9. The summed E-state index contributed by atoms with van der Waals surface area (Å²) in [4.78, 5) is 16.8. The molecule has 1 saturated heterocycles. The van der Waals surface area contributed by atoms with E-state index in [0.717, 1.165) is 38.3 Å². The molecule has 1 aliphatic rings. The molecule has 154 valence electrons. The van der Waals surface area contributed by atoms with Gasteiger partial charge in [-0.25, -0.2) is 0 Å². The minimum atomic E-state index is 0.00858. The van der Waals surface area contributed by atoms with Gasteiger partial charge in [0, 0.05) is 38.8 Å². The van der Waals surface area contributed by atoms with Crippen molar-refractivity contribution < 1.29 is 14.3 Å². The average Bonchev–Trinajstić information content (AvgIpc) is 2.73. The lowest BCUT2D eigenvalue weighted by Crippen LogP contribution is -2.47. The first-order valence-electron chi connectivity index (χ1n) is 9.84. The van der Waals surface area contributed by atoms with Gasteiger partial charge in [0.2, 0.25) is 5.91 Å². The zero-order valence-electron chi connectivity index (χ0n) is 16.9. The monoisotopic (exact) mass is 414 g/mol. The van der Waals surface area contributed by atoms with E-state index in [2.05, 4.69) is 29.2 Å². The van der Waals surface area contributed by atoms with Gasteiger partial charge in [0.25, 0.3) is 0 Å². The summed E-state index contributed by atoms with van der Waals surface area (Å²) in [5, 5.41) is 0.458. The number of nitrogens with zero attached hydrogens (tertiary/aromatic N) is 2. The average molecular weight is 415 g/mol. The molecular weight excluding hydrogens is 388 g/mol. The highest BCUT2D eigenvalue weighted by molar-refractivity contribution is 6.32. The Morgan fingerprint density at radius 1 is 1.14 bits per heavy atom. The Labute approximate surface area is 177 Å². The van der Waals surface area contributed by atoms with E-state index in [0.29, 0.717) is 23.1 Å². The molecule has 2 aromatic carbocycles. The van der Waals surface area contributed by atoms with Crippen molar-refractivity contribution in [1.29, 1.82) is 0 Å². The number of benzene rings is 2. The molecule has 0 aliphatic carbocycles. The summed E-state index contributed by atoms with van der Waals surface area (Å²) in [6.45, 7) is 6.52. The van der Waals surface area contributed by atoms with Gasteiger partial charge in [0.1, 0.15) is 0 Å². The molecule has 1 heterocycles. The summed E-state index contributed by atoms with van der Waals surface area (Å²) in [5.41, 5.74) is 2.10. The number of piperazine rings is 1. The maximum atomic E-state index is 12.6. The number of hydrogen-bond acceptors (Lipinski definition) is 4. The van der Waals surface area contributed by atoms with E-state index in [9.17, 15) is 4.79 Å². The van der Waals surface area contributed by atoms with Crippen molar-refractivity contribution in [2.24, 2.45) is 0 Å². The van der Waals surface area contributed by atoms with Crippen molar-refractivity contribution in [3.63, 3.8) is 0 Å². The van der Waals surface area contributed by atoms with Crippen molar-refractivity contribution in [3.05, 3.63) is 64.7 Å². The van der Waals surface area contributed by atoms with Crippen LogP contribution in [0.4, 0.5) is 0 Å². The van der Waals surface area contributed by atoms with E-state index in [1.165, 1.54) is 5.56 Å². The zero-order chi connectivity index (χ0) is 20.6. The van der Waals surface area contributed by atoms with Crippen molar-refractivity contribution in [2.75, 3.05) is 39.9 Å². The lowest BCUT2D eigenvalue weighted by molar-refractivity contribution is -0.127. The fourth-order valence-corrected chi connectivity index (χ4v) is 3.68. The van der Waals surface area contributed by atoms with Crippen LogP contribution in [0.25, 0.3) is 6.08 Å². The zero-order valence-corrected chi connectivity index (χ0v) is 17.7. The van der Waals surface area contributed by atoms with E-state index in [4.69, 9.17) is 21.1 Å². The van der Waals surface area contributed by atoms with E-state index >= 15 is 0 Å². The van der Waals surface area contributed by atoms with Crippen LogP contribution in [0.15, 0.2) is 48.5 Å². The Bertz CT molecular complexity index is 847. The highest BCUT2D eigenvalue weighted by Crippen LogP contribution is 2.36. The number of rotatable bonds is 7. The van der Waals surface area contributed by atoms with Crippen molar-refractivity contribution in [2.45, 2.75) is 13.5 Å². The normalized spacial score (nSPS) is 14.9. The molecule has 29 heavy (non-hydrogen) atoms. The Kier molecular flexibility index (Phi) is 7.55. The molecule has 1 aliphatic heterocycles. The quantitative estimate of drug-likeness (QED) is 0.639. The van der Waals surface area contributed by atoms with Gasteiger partial charge >= 0.3 is 0 Å². The molecule has 0 atom stereocenters. The number of hydrogen-bond donors (Lipinski definition) is 0. The maximum absolute atomic E-state index is 12.6. The standard InChI is InChI=1S/C23H27ClN2O3/c1-3-29-21-16-19(15-20(24)23(21)28-2)9-10-22(27)26-13-11-25(12-14-26)17-18-7-5-4-6-8-18/h4-10,15-16H,3,11-14,17H2,1-2H3/b10-9+. The van der Waals surface area contributed by atoms with E-state index in [1.807, 2.05) is 24.0 Å². The highest BCUT2D eigenvalue weighted by Gasteiger charge is 2.19. The third-order valence-electron chi connectivity index (χ3n) is 4.89. The fraction of sp³-hybridized carbons (Fsp3) is 0.348. The summed E-state index contributed by atoms with van der Waals surface area (Å²) in [5.74, 6) is 1.09. The van der Waals surface area contributed by atoms with Gasteiger partial charge in [-0.05, 0) is 36.3 Å². The van der Waals surface area contributed by atoms with Gasteiger partial charge in [-0.3, -0.25) is 9.69 Å². The van der Waals surface area contributed by atoms with Crippen molar-refractivity contribution in [1.82, 2.24) is 9.80 Å². The molecule has 0 N–H and O–H groups in total. The fourth-order valence-electron chi connectivity index (χ4n) is 3.39. The Balaban J connectivity index is 1.57. The predicted octanol–water partition coefficient (Wildman–Crippen LogP) is 4.10. The second-order valence-corrected chi connectivity index (χ2v) is 7.29. The van der Waals surface area contributed by atoms with E-state index < -0.39 is 0 Å². The Morgan fingerprint density at radius 3 is 2.52 bits per heavy atom. The second kappa shape index (κ2) is 10.3. The summed E-state index contributed by atoms with van der Waals surface area (Å²) in [6.07, 6.45) is 3.37. The summed E-state index contributed by atoms with van der Waals surface area (Å²) in [6, 6.07) is 14.0. The Hall–Kier alpha value is -2.50. The van der Waals surface area contributed by atoms with Crippen molar-refractivity contribution in [3.8, 4) is 11.5 Å². The third-order valence-corrected chi connectivity index (χ3v) is 5.17. The number of halogens is 1. The lowest BCUT2D eigenvalue weighted by Gasteiger charge is -2.34. The first kappa shape index (κ1) is 21.2.